The lowest BCUT2D eigenvalue weighted by Crippen LogP contribution is -2.41. The van der Waals surface area contributed by atoms with Crippen LogP contribution in [0.15, 0.2) is 4.99 Å². The Labute approximate surface area is 111 Å². The molecule has 2 heterocycles. The van der Waals surface area contributed by atoms with Crippen molar-refractivity contribution in [2.24, 2.45) is 4.99 Å². The van der Waals surface area contributed by atoms with E-state index in [2.05, 4.69) is 4.99 Å². The highest BCUT2D eigenvalue weighted by Gasteiger charge is 2.34. The molecule has 18 heavy (non-hydrogen) atoms. The molecule has 0 bridgehead atoms. The number of carbonyl (C=O) groups is 1. The molecule has 0 aromatic carbocycles. The Bertz CT molecular complexity index is 334. The SMILES string of the molecule is COCC1=NC2CCC(COC(C)=O)OC2SC1. The minimum atomic E-state index is -0.252. The Hall–Kier alpha value is -0.590. The van der Waals surface area contributed by atoms with E-state index in [4.69, 9.17) is 14.2 Å². The van der Waals surface area contributed by atoms with Crippen LogP contribution in [0.4, 0.5) is 0 Å². The Kier molecular flexibility index (Phi) is 5.03. The molecule has 0 aromatic rings. The maximum Gasteiger partial charge on any atom is 0.302 e. The van der Waals surface area contributed by atoms with Crippen molar-refractivity contribution in [2.75, 3.05) is 26.1 Å². The highest BCUT2D eigenvalue weighted by atomic mass is 32.2. The number of hydrogen-bond donors (Lipinski definition) is 0. The molecule has 3 atom stereocenters. The highest BCUT2D eigenvalue weighted by molar-refractivity contribution is 8.00. The molecule has 0 aromatic heterocycles. The smallest absolute Gasteiger partial charge is 0.302 e. The van der Waals surface area contributed by atoms with Gasteiger partial charge in [-0.3, -0.25) is 9.79 Å². The molecular weight excluding hydrogens is 254 g/mol. The van der Waals surface area contributed by atoms with E-state index in [1.165, 1.54) is 6.92 Å². The van der Waals surface area contributed by atoms with Gasteiger partial charge in [-0.05, 0) is 12.8 Å². The lowest BCUT2D eigenvalue weighted by Gasteiger charge is -2.36. The topological polar surface area (TPSA) is 57.1 Å². The van der Waals surface area contributed by atoms with E-state index in [1.54, 1.807) is 18.9 Å². The summed E-state index contributed by atoms with van der Waals surface area (Å²) >= 11 is 1.76. The normalized spacial score (nSPS) is 31.4. The van der Waals surface area contributed by atoms with Crippen molar-refractivity contribution >= 4 is 23.4 Å². The average molecular weight is 273 g/mol. The fourth-order valence-electron chi connectivity index (χ4n) is 2.15. The van der Waals surface area contributed by atoms with Crippen LogP contribution in [0.5, 0.6) is 0 Å². The monoisotopic (exact) mass is 273 g/mol. The lowest BCUT2D eigenvalue weighted by molar-refractivity contribution is -0.147. The first-order valence-electron chi connectivity index (χ1n) is 6.14. The predicted molar refractivity (Wildman–Crippen MR) is 70.1 cm³/mol. The van der Waals surface area contributed by atoms with Gasteiger partial charge in [0.15, 0.2) is 0 Å². The zero-order valence-electron chi connectivity index (χ0n) is 10.8. The summed E-state index contributed by atoms with van der Waals surface area (Å²) in [6.07, 6.45) is 1.89. The predicted octanol–water partition coefficient (Wildman–Crippen LogP) is 1.26. The Morgan fingerprint density at radius 1 is 1.56 bits per heavy atom. The summed E-state index contributed by atoms with van der Waals surface area (Å²) < 4.78 is 16.0. The first-order chi connectivity index (χ1) is 8.69. The largest absolute Gasteiger partial charge is 0.463 e. The first-order valence-corrected chi connectivity index (χ1v) is 7.19. The molecule has 0 saturated carbocycles. The molecule has 1 fully saturated rings. The maximum atomic E-state index is 10.8. The number of thioether (sulfide) groups is 1. The summed E-state index contributed by atoms with van der Waals surface area (Å²) in [5, 5.41) is 0. The van der Waals surface area contributed by atoms with Gasteiger partial charge in [0.25, 0.3) is 0 Å². The average Bonchev–Trinajstić information content (AvgIpc) is 2.36. The summed E-state index contributed by atoms with van der Waals surface area (Å²) in [4.78, 5) is 15.4. The second kappa shape index (κ2) is 6.54. The molecule has 0 spiro atoms. The summed E-state index contributed by atoms with van der Waals surface area (Å²) in [6.45, 7) is 2.38. The van der Waals surface area contributed by atoms with E-state index in [9.17, 15) is 4.79 Å². The van der Waals surface area contributed by atoms with Crippen molar-refractivity contribution < 1.29 is 19.0 Å². The molecule has 2 rings (SSSR count). The third-order valence-electron chi connectivity index (χ3n) is 2.97. The number of hydrogen-bond acceptors (Lipinski definition) is 6. The van der Waals surface area contributed by atoms with E-state index < -0.39 is 0 Å². The molecule has 102 valence electrons. The van der Waals surface area contributed by atoms with Gasteiger partial charge in [-0.2, -0.15) is 0 Å². The van der Waals surface area contributed by atoms with Gasteiger partial charge in [0.1, 0.15) is 12.0 Å². The number of aliphatic imine (C=N–C) groups is 1. The number of methoxy groups -OCH3 is 1. The fourth-order valence-corrected chi connectivity index (χ4v) is 3.31. The van der Waals surface area contributed by atoms with Crippen LogP contribution in [0, 0.1) is 0 Å². The third kappa shape index (κ3) is 3.70. The number of rotatable bonds is 4. The van der Waals surface area contributed by atoms with Crippen molar-refractivity contribution in [1.82, 2.24) is 0 Å². The van der Waals surface area contributed by atoms with Gasteiger partial charge in [-0.1, -0.05) is 0 Å². The fraction of sp³-hybridized carbons (Fsp3) is 0.833. The molecule has 0 aliphatic carbocycles. The molecule has 6 heteroatoms. The molecule has 5 nitrogen and oxygen atoms in total. The van der Waals surface area contributed by atoms with E-state index in [0.29, 0.717) is 13.2 Å². The molecule has 3 unspecified atom stereocenters. The first kappa shape index (κ1) is 13.8. The quantitative estimate of drug-likeness (QED) is 0.722. The number of ether oxygens (including phenoxy) is 3. The van der Waals surface area contributed by atoms with Crippen molar-refractivity contribution in [3.05, 3.63) is 0 Å². The van der Waals surface area contributed by atoms with Crippen LogP contribution in [0.25, 0.3) is 0 Å². The Balaban J connectivity index is 1.84. The Morgan fingerprint density at radius 2 is 2.39 bits per heavy atom. The summed E-state index contributed by atoms with van der Waals surface area (Å²) in [5.41, 5.74) is 1.20. The molecular formula is C12H19NO4S. The zero-order valence-corrected chi connectivity index (χ0v) is 11.6. The van der Waals surface area contributed by atoms with Crippen LogP contribution in [0.3, 0.4) is 0 Å². The van der Waals surface area contributed by atoms with Crippen molar-refractivity contribution in [1.29, 1.82) is 0 Å². The van der Waals surface area contributed by atoms with Crippen LogP contribution in [-0.4, -0.2) is 55.3 Å². The molecule has 0 N–H and O–H groups in total. The summed E-state index contributed by atoms with van der Waals surface area (Å²) in [7, 11) is 1.69. The molecule has 2 aliphatic heterocycles. The van der Waals surface area contributed by atoms with Gasteiger partial charge < -0.3 is 14.2 Å². The van der Waals surface area contributed by atoms with Crippen molar-refractivity contribution in [3.8, 4) is 0 Å². The van der Waals surface area contributed by atoms with Crippen LogP contribution < -0.4 is 0 Å². The van der Waals surface area contributed by atoms with Crippen LogP contribution in [-0.2, 0) is 19.0 Å². The lowest BCUT2D eigenvalue weighted by atomic mass is 10.1. The van der Waals surface area contributed by atoms with Crippen molar-refractivity contribution in [2.45, 2.75) is 37.3 Å². The Morgan fingerprint density at radius 3 is 3.11 bits per heavy atom. The van der Waals surface area contributed by atoms with Gasteiger partial charge >= 0.3 is 5.97 Å². The van der Waals surface area contributed by atoms with Gasteiger partial charge in [0.05, 0.1) is 18.8 Å². The van der Waals surface area contributed by atoms with Gasteiger partial charge in [0.2, 0.25) is 0 Å². The highest BCUT2D eigenvalue weighted by Crippen LogP contribution is 2.33. The molecule has 0 radical (unpaired) electrons. The molecule has 1 saturated heterocycles. The second-order valence-electron chi connectivity index (χ2n) is 4.51. The van der Waals surface area contributed by atoms with Gasteiger partial charge in [0, 0.05) is 25.5 Å². The van der Waals surface area contributed by atoms with E-state index in [-0.39, 0.29) is 23.6 Å². The summed E-state index contributed by atoms with van der Waals surface area (Å²) in [5.74, 6) is 0.604. The molecule has 0 amide bonds. The van der Waals surface area contributed by atoms with Crippen LogP contribution in [0.2, 0.25) is 0 Å². The van der Waals surface area contributed by atoms with E-state index in [0.717, 1.165) is 24.3 Å². The van der Waals surface area contributed by atoms with E-state index in [1.807, 2.05) is 0 Å². The third-order valence-corrected chi connectivity index (χ3v) is 4.22. The van der Waals surface area contributed by atoms with Crippen LogP contribution in [0.1, 0.15) is 19.8 Å². The van der Waals surface area contributed by atoms with Crippen molar-refractivity contribution in [3.63, 3.8) is 0 Å². The maximum absolute atomic E-state index is 10.8. The summed E-state index contributed by atoms with van der Waals surface area (Å²) in [6, 6.07) is 0.225. The zero-order chi connectivity index (χ0) is 13.0. The standard InChI is InChI=1S/C12H19NO4S/c1-8(14)16-6-10-3-4-11-12(17-10)18-7-9(13-11)5-15-2/h10-12H,3-7H2,1-2H3. The van der Waals surface area contributed by atoms with Gasteiger partial charge in [-0.15, -0.1) is 11.8 Å². The number of carbonyl (C=O) groups excluding carboxylic acids is 1. The minimum absolute atomic E-state index is 0.0156. The second-order valence-corrected chi connectivity index (χ2v) is 5.60. The molecule has 2 aliphatic rings. The minimum Gasteiger partial charge on any atom is -0.463 e. The number of esters is 1. The number of fused-ring (bicyclic) bond motifs is 1. The number of nitrogens with zero attached hydrogens (tertiary/aromatic N) is 1. The van der Waals surface area contributed by atoms with Gasteiger partial charge in [-0.25, -0.2) is 0 Å². The van der Waals surface area contributed by atoms with Crippen LogP contribution >= 0.6 is 11.8 Å². The van der Waals surface area contributed by atoms with E-state index >= 15 is 0 Å².